The van der Waals surface area contributed by atoms with Gasteiger partial charge in [0.1, 0.15) is 23.6 Å². The van der Waals surface area contributed by atoms with Gasteiger partial charge in [-0.1, -0.05) is 6.92 Å². The molecule has 1 fully saturated rings. The zero-order valence-electron chi connectivity index (χ0n) is 21.7. The van der Waals surface area contributed by atoms with Gasteiger partial charge in [0.2, 0.25) is 5.95 Å². The standard InChI is InChI=1S/C27H30F2N8O2/c1-3-17-12-31-27(32-13-17)36-8-6-19(7-9-36)37-14-21(29)23-24(33-15-34-25(23)37)35-22-5-4-18(10-20(22)28)26(39)30-11-16(2)38/h4-5,10,12-16,19,38H,3,6-9,11H2,1-2H3,(H,30,39)(H,33,34,35)/t16-/m0/s1. The largest absolute Gasteiger partial charge is 0.392 e. The van der Waals surface area contributed by atoms with Gasteiger partial charge in [0, 0.05) is 49.8 Å². The molecule has 10 nitrogen and oxygen atoms in total. The predicted molar refractivity (Wildman–Crippen MR) is 143 cm³/mol. The zero-order chi connectivity index (χ0) is 27.5. The molecule has 1 saturated heterocycles. The number of aromatic nitrogens is 5. The second kappa shape index (κ2) is 11.3. The minimum atomic E-state index is -0.721. The maximum atomic E-state index is 15.2. The minimum Gasteiger partial charge on any atom is -0.392 e. The molecular formula is C27H30F2N8O2. The lowest BCUT2D eigenvalue weighted by Gasteiger charge is -2.32. The SMILES string of the molecule is CCc1cnc(N2CCC(n3cc(F)c4c(Nc5ccc(C(=O)NC[C@H](C)O)cc5F)ncnc43)CC2)nc1. The quantitative estimate of drug-likeness (QED) is 0.311. The van der Waals surface area contributed by atoms with Crippen molar-refractivity contribution in [3.05, 3.63) is 65.9 Å². The van der Waals surface area contributed by atoms with Crippen LogP contribution in [0.2, 0.25) is 0 Å². The zero-order valence-corrected chi connectivity index (χ0v) is 21.7. The number of halogens is 2. The van der Waals surface area contributed by atoms with Gasteiger partial charge in [-0.2, -0.15) is 0 Å². The molecule has 1 amide bonds. The summed E-state index contributed by atoms with van der Waals surface area (Å²) in [6, 6.07) is 3.92. The number of carbonyl (C=O) groups is 1. The third kappa shape index (κ3) is 5.65. The number of benzene rings is 1. The fraction of sp³-hybridized carbons (Fsp3) is 0.370. The number of aliphatic hydroxyl groups excluding tert-OH is 1. The average Bonchev–Trinajstić information content (AvgIpc) is 3.30. The van der Waals surface area contributed by atoms with E-state index in [0.29, 0.717) is 11.6 Å². The van der Waals surface area contributed by atoms with Crippen LogP contribution in [0.1, 0.15) is 48.7 Å². The van der Waals surface area contributed by atoms with Crippen molar-refractivity contribution in [3.63, 3.8) is 0 Å². The van der Waals surface area contributed by atoms with Crippen LogP contribution in [-0.4, -0.2) is 61.3 Å². The fourth-order valence-corrected chi connectivity index (χ4v) is 4.68. The van der Waals surface area contributed by atoms with E-state index in [-0.39, 0.29) is 35.0 Å². The van der Waals surface area contributed by atoms with Gasteiger partial charge in [0.25, 0.3) is 5.91 Å². The Balaban J connectivity index is 1.32. The number of hydrogen-bond donors (Lipinski definition) is 3. The first-order valence-electron chi connectivity index (χ1n) is 12.9. The summed E-state index contributed by atoms with van der Waals surface area (Å²) in [5, 5.41) is 14.9. The summed E-state index contributed by atoms with van der Waals surface area (Å²) >= 11 is 0. The first kappa shape index (κ1) is 26.4. The summed E-state index contributed by atoms with van der Waals surface area (Å²) in [5.74, 6) is -0.902. The molecule has 0 saturated carbocycles. The number of carbonyl (C=O) groups excluding carboxylic acids is 1. The first-order chi connectivity index (χ1) is 18.8. The van der Waals surface area contributed by atoms with Crippen molar-refractivity contribution < 1.29 is 18.7 Å². The van der Waals surface area contributed by atoms with Crippen molar-refractivity contribution >= 4 is 34.4 Å². The van der Waals surface area contributed by atoms with Crippen molar-refractivity contribution in [1.82, 2.24) is 29.8 Å². The van der Waals surface area contributed by atoms with Crippen LogP contribution in [0.5, 0.6) is 0 Å². The number of aryl methyl sites for hydroxylation is 1. The summed E-state index contributed by atoms with van der Waals surface area (Å²) in [5.41, 5.74) is 1.64. The summed E-state index contributed by atoms with van der Waals surface area (Å²) in [6.07, 6.45) is 8.09. The van der Waals surface area contributed by atoms with Crippen LogP contribution < -0.4 is 15.5 Å². The Morgan fingerprint density at radius 1 is 1.13 bits per heavy atom. The van der Waals surface area contributed by atoms with E-state index in [0.717, 1.165) is 44.0 Å². The van der Waals surface area contributed by atoms with Gasteiger partial charge in [0.15, 0.2) is 5.82 Å². The Kier molecular flexibility index (Phi) is 7.64. The normalized spacial score (nSPS) is 14.9. The summed E-state index contributed by atoms with van der Waals surface area (Å²) in [7, 11) is 0. The van der Waals surface area contributed by atoms with Gasteiger partial charge < -0.3 is 25.2 Å². The van der Waals surface area contributed by atoms with Crippen molar-refractivity contribution in [2.45, 2.75) is 45.3 Å². The molecule has 204 valence electrons. The molecule has 4 aromatic rings. The molecule has 1 atom stereocenters. The molecule has 0 radical (unpaired) electrons. The van der Waals surface area contributed by atoms with E-state index in [1.165, 1.54) is 31.6 Å². The lowest BCUT2D eigenvalue weighted by atomic mass is 10.1. The van der Waals surface area contributed by atoms with Crippen LogP contribution in [0.25, 0.3) is 11.0 Å². The van der Waals surface area contributed by atoms with Crippen molar-refractivity contribution in [2.24, 2.45) is 0 Å². The number of amides is 1. The molecule has 4 heterocycles. The topological polar surface area (TPSA) is 121 Å². The Hall–Kier alpha value is -4.19. The number of aliphatic hydroxyl groups is 1. The number of anilines is 3. The summed E-state index contributed by atoms with van der Waals surface area (Å²) < 4.78 is 31.9. The highest BCUT2D eigenvalue weighted by Gasteiger charge is 2.26. The van der Waals surface area contributed by atoms with Crippen molar-refractivity contribution in [1.29, 1.82) is 0 Å². The third-order valence-electron chi connectivity index (χ3n) is 6.85. The molecule has 12 heteroatoms. The Morgan fingerprint density at radius 3 is 2.54 bits per heavy atom. The summed E-state index contributed by atoms with van der Waals surface area (Å²) in [4.78, 5) is 31.7. The van der Waals surface area contributed by atoms with Crippen LogP contribution in [-0.2, 0) is 6.42 Å². The molecule has 0 spiro atoms. The van der Waals surface area contributed by atoms with E-state index < -0.39 is 23.6 Å². The van der Waals surface area contributed by atoms with Gasteiger partial charge in [-0.15, -0.1) is 0 Å². The van der Waals surface area contributed by atoms with Crippen molar-refractivity contribution in [3.8, 4) is 0 Å². The monoisotopic (exact) mass is 536 g/mol. The van der Waals surface area contributed by atoms with E-state index in [9.17, 15) is 14.3 Å². The average molecular weight is 537 g/mol. The van der Waals surface area contributed by atoms with Crippen LogP contribution >= 0.6 is 0 Å². The lowest BCUT2D eigenvalue weighted by Crippen LogP contribution is -2.35. The second-order valence-electron chi connectivity index (χ2n) is 9.65. The van der Waals surface area contributed by atoms with E-state index in [4.69, 9.17) is 0 Å². The van der Waals surface area contributed by atoms with Gasteiger partial charge >= 0.3 is 0 Å². The van der Waals surface area contributed by atoms with E-state index in [1.54, 1.807) is 0 Å². The van der Waals surface area contributed by atoms with Gasteiger partial charge in [-0.25, -0.2) is 28.7 Å². The van der Waals surface area contributed by atoms with Gasteiger partial charge in [0.05, 0.1) is 17.2 Å². The fourth-order valence-electron chi connectivity index (χ4n) is 4.68. The molecule has 1 aliphatic rings. The number of hydrogen-bond acceptors (Lipinski definition) is 8. The molecule has 3 N–H and O–H groups in total. The molecule has 0 unspecified atom stereocenters. The van der Waals surface area contributed by atoms with Gasteiger partial charge in [-0.3, -0.25) is 4.79 Å². The Bertz CT molecular complexity index is 1470. The van der Waals surface area contributed by atoms with Crippen LogP contribution in [0.15, 0.2) is 43.1 Å². The van der Waals surface area contributed by atoms with Crippen LogP contribution in [0.4, 0.5) is 26.2 Å². The molecule has 0 aliphatic carbocycles. The first-order valence-corrected chi connectivity index (χ1v) is 12.9. The number of nitrogens with one attached hydrogen (secondary N) is 2. The van der Waals surface area contributed by atoms with Crippen molar-refractivity contribution in [2.75, 3.05) is 29.9 Å². The molecule has 5 rings (SSSR count). The number of piperidine rings is 1. The number of fused-ring (bicyclic) bond motifs is 1. The molecule has 0 bridgehead atoms. The second-order valence-corrected chi connectivity index (χ2v) is 9.65. The van der Waals surface area contributed by atoms with Gasteiger partial charge in [-0.05, 0) is 49.9 Å². The maximum Gasteiger partial charge on any atom is 0.251 e. The van der Waals surface area contributed by atoms with Crippen LogP contribution in [0, 0.1) is 11.6 Å². The number of rotatable bonds is 8. The highest BCUT2D eigenvalue weighted by Crippen LogP contribution is 2.33. The molecule has 3 aromatic heterocycles. The lowest BCUT2D eigenvalue weighted by molar-refractivity contribution is 0.0923. The third-order valence-corrected chi connectivity index (χ3v) is 6.85. The van der Waals surface area contributed by atoms with E-state index >= 15 is 4.39 Å². The highest BCUT2D eigenvalue weighted by molar-refractivity contribution is 5.95. The maximum absolute atomic E-state index is 15.2. The van der Waals surface area contributed by atoms with E-state index in [1.807, 2.05) is 17.0 Å². The molecule has 39 heavy (non-hydrogen) atoms. The highest BCUT2D eigenvalue weighted by atomic mass is 19.1. The summed E-state index contributed by atoms with van der Waals surface area (Å²) in [6.45, 7) is 5.08. The molecular weight excluding hydrogens is 506 g/mol. The Labute approximate surface area is 224 Å². The molecule has 1 aliphatic heterocycles. The van der Waals surface area contributed by atoms with Crippen LogP contribution in [0.3, 0.4) is 0 Å². The van der Waals surface area contributed by atoms with E-state index in [2.05, 4.69) is 42.4 Å². The minimum absolute atomic E-state index is 0.0158. The Morgan fingerprint density at radius 2 is 1.87 bits per heavy atom. The predicted octanol–water partition coefficient (Wildman–Crippen LogP) is 3.76. The number of nitrogens with zero attached hydrogens (tertiary/aromatic N) is 6. The smallest absolute Gasteiger partial charge is 0.251 e. The molecule has 1 aromatic carbocycles.